The van der Waals surface area contributed by atoms with Crippen molar-refractivity contribution in [3.05, 3.63) is 93.3 Å². The Kier molecular flexibility index (Phi) is 5.66. The van der Waals surface area contributed by atoms with Gasteiger partial charge in [0.2, 0.25) is 0 Å². The van der Waals surface area contributed by atoms with Crippen LogP contribution in [-0.2, 0) is 9.53 Å². The summed E-state index contributed by atoms with van der Waals surface area (Å²) in [5, 5.41) is 12.9. The Morgan fingerprint density at radius 1 is 1.35 bits per heavy atom. The van der Waals surface area contributed by atoms with Gasteiger partial charge in [-0.2, -0.15) is 0 Å². The van der Waals surface area contributed by atoms with E-state index in [2.05, 4.69) is 4.99 Å². The highest BCUT2D eigenvalue weighted by molar-refractivity contribution is 7.10. The van der Waals surface area contributed by atoms with Crippen molar-refractivity contribution in [1.82, 2.24) is 4.57 Å². The molecule has 0 fully saturated rings. The van der Waals surface area contributed by atoms with Crippen molar-refractivity contribution >= 4 is 40.4 Å². The van der Waals surface area contributed by atoms with Crippen LogP contribution in [0.1, 0.15) is 30.3 Å². The fraction of sp³-hybridized carbons (Fsp3) is 0.190. The average Bonchev–Trinajstić information content (AvgIpc) is 3.36. The zero-order chi connectivity index (χ0) is 22.1. The number of carbonyl (C=O) groups excluding carboxylic acids is 1. The lowest BCUT2D eigenvalue weighted by Crippen LogP contribution is -2.39. The van der Waals surface area contributed by atoms with Crippen molar-refractivity contribution in [3.63, 3.8) is 0 Å². The van der Waals surface area contributed by atoms with E-state index in [0.717, 1.165) is 4.88 Å². The van der Waals surface area contributed by atoms with Gasteiger partial charge in [0.25, 0.3) is 11.2 Å². The Hall–Kier alpha value is -3.37. The van der Waals surface area contributed by atoms with E-state index in [1.807, 2.05) is 17.5 Å². The average molecular weight is 456 g/mol. The van der Waals surface area contributed by atoms with Crippen LogP contribution in [0.15, 0.2) is 62.8 Å². The third-order valence-electron chi connectivity index (χ3n) is 4.71. The van der Waals surface area contributed by atoms with Gasteiger partial charge in [0, 0.05) is 17.0 Å². The number of rotatable bonds is 5. The predicted octanol–water partition coefficient (Wildman–Crippen LogP) is 2.77. The molecule has 0 N–H and O–H groups in total. The summed E-state index contributed by atoms with van der Waals surface area (Å²) >= 11 is 2.62. The number of nitro groups is 1. The normalized spacial score (nSPS) is 16.1. The summed E-state index contributed by atoms with van der Waals surface area (Å²) in [6.07, 6.45) is 1.60. The summed E-state index contributed by atoms with van der Waals surface area (Å²) in [5.74, 6) is -0.505. The van der Waals surface area contributed by atoms with Crippen molar-refractivity contribution < 1.29 is 14.5 Å². The number of hydrogen-bond donors (Lipinski definition) is 0. The maximum atomic E-state index is 13.4. The van der Waals surface area contributed by atoms with E-state index in [4.69, 9.17) is 4.74 Å². The summed E-state index contributed by atoms with van der Waals surface area (Å²) in [5.41, 5.74) is 0.994. The van der Waals surface area contributed by atoms with Crippen molar-refractivity contribution in [2.24, 2.45) is 4.99 Å². The molecule has 0 radical (unpaired) electrons. The maximum absolute atomic E-state index is 13.4. The molecule has 31 heavy (non-hydrogen) atoms. The molecule has 8 nitrogen and oxygen atoms in total. The van der Waals surface area contributed by atoms with E-state index in [-0.39, 0.29) is 17.9 Å². The fourth-order valence-electron chi connectivity index (χ4n) is 3.39. The highest BCUT2D eigenvalue weighted by Gasteiger charge is 2.33. The molecule has 1 atom stereocenters. The molecule has 0 bridgehead atoms. The number of nitrogens with zero attached hydrogens (tertiary/aromatic N) is 3. The number of ether oxygens (including phenoxy) is 1. The summed E-state index contributed by atoms with van der Waals surface area (Å²) in [6, 6.07) is 9.15. The van der Waals surface area contributed by atoms with Crippen LogP contribution in [0.2, 0.25) is 0 Å². The van der Waals surface area contributed by atoms with E-state index in [1.54, 1.807) is 32.1 Å². The minimum atomic E-state index is -0.637. The number of carbonyl (C=O) groups is 1. The third-order valence-corrected chi connectivity index (χ3v) is 6.62. The Morgan fingerprint density at radius 2 is 2.16 bits per heavy atom. The summed E-state index contributed by atoms with van der Waals surface area (Å²) in [6.45, 7) is 3.66. The topological polar surface area (TPSA) is 104 Å². The van der Waals surface area contributed by atoms with Gasteiger partial charge in [-0.25, -0.2) is 9.79 Å². The molecule has 158 valence electrons. The van der Waals surface area contributed by atoms with E-state index in [0.29, 0.717) is 26.2 Å². The number of benzene rings is 1. The summed E-state index contributed by atoms with van der Waals surface area (Å²) in [7, 11) is 0. The number of thiazole rings is 1. The largest absolute Gasteiger partial charge is 0.463 e. The number of hydrogen-bond acceptors (Lipinski definition) is 8. The van der Waals surface area contributed by atoms with Crippen LogP contribution in [-0.4, -0.2) is 22.1 Å². The predicted molar refractivity (Wildman–Crippen MR) is 118 cm³/mol. The smallest absolute Gasteiger partial charge is 0.338 e. The molecule has 0 saturated carbocycles. The molecule has 3 aromatic rings. The van der Waals surface area contributed by atoms with Gasteiger partial charge in [-0.15, -0.1) is 11.3 Å². The number of thiophene rings is 1. The molecule has 0 saturated heterocycles. The Balaban J connectivity index is 1.92. The van der Waals surface area contributed by atoms with Crippen molar-refractivity contribution in [1.29, 1.82) is 0 Å². The van der Waals surface area contributed by atoms with E-state index >= 15 is 0 Å². The lowest BCUT2D eigenvalue weighted by atomic mass is 10.0. The van der Waals surface area contributed by atoms with E-state index in [1.165, 1.54) is 39.4 Å². The van der Waals surface area contributed by atoms with Crippen molar-refractivity contribution in [2.45, 2.75) is 19.9 Å². The zero-order valence-electron chi connectivity index (χ0n) is 16.6. The number of nitro benzene ring substituents is 1. The summed E-state index contributed by atoms with van der Waals surface area (Å²) < 4.78 is 7.11. The lowest BCUT2D eigenvalue weighted by Gasteiger charge is -2.23. The molecule has 1 aliphatic heterocycles. The van der Waals surface area contributed by atoms with Crippen LogP contribution in [0.25, 0.3) is 6.08 Å². The monoisotopic (exact) mass is 455 g/mol. The Morgan fingerprint density at radius 3 is 2.84 bits per heavy atom. The molecule has 0 spiro atoms. The molecule has 4 rings (SSSR count). The summed E-state index contributed by atoms with van der Waals surface area (Å²) in [4.78, 5) is 42.4. The van der Waals surface area contributed by atoms with Gasteiger partial charge in [0.1, 0.15) is 6.04 Å². The number of non-ortho nitro benzene ring substituents is 1. The third kappa shape index (κ3) is 3.87. The first-order valence-electron chi connectivity index (χ1n) is 9.38. The second-order valence-electron chi connectivity index (χ2n) is 6.67. The van der Waals surface area contributed by atoms with Crippen molar-refractivity contribution in [2.75, 3.05) is 6.61 Å². The van der Waals surface area contributed by atoms with E-state index < -0.39 is 16.9 Å². The lowest BCUT2D eigenvalue weighted by molar-refractivity contribution is -0.384. The Labute approximate surface area is 184 Å². The first-order chi connectivity index (χ1) is 14.9. The van der Waals surface area contributed by atoms with Gasteiger partial charge in [-0.05, 0) is 36.9 Å². The minimum absolute atomic E-state index is 0.0570. The van der Waals surface area contributed by atoms with Gasteiger partial charge in [-0.1, -0.05) is 29.5 Å². The first-order valence-corrected chi connectivity index (χ1v) is 11.1. The van der Waals surface area contributed by atoms with Crippen LogP contribution < -0.4 is 14.9 Å². The van der Waals surface area contributed by atoms with Gasteiger partial charge in [-0.3, -0.25) is 19.5 Å². The molecule has 1 aliphatic rings. The minimum Gasteiger partial charge on any atom is -0.463 e. The SMILES string of the molecule is CCOC(=O)C1=C(C)N=c2s/c(=C/c3cccc([N+](=O)[O-])c3)c(=O)n2[C@H]1c1cccs1. The maximum Gasteiger partial charge on any atom is 0.338 e. The van der Waals surface area contributed by atoms with Gasteiger partial charge in [0.05, 0.1) is 27.3 Å². The van der Waals surface area contributed by atoms with Crippen LogP contribution in [0, 0.1) is 10.1 Å². The van der Waals surface area contributed by atoms with E-state index in [9.17, 15) is 19.7 Å². The number of fused-ring (bicyclic) bond motifs is 1. The fourth-order valence-corrected chi connectivity index (χ4v) is 5.26. The van der Waals surface area contributed by atoms with Crippen LogP contribution in [0.3, 0.4) is 0 Å². The van der Waals surface area contributed by atoms with Crippen LogP contribution in [0.4, 0.5) is 5.69 Å². The molecule has 2 aromatic heterocycles. The number of allylic oxidation sites excluding steroid dienone is 1. The second kappa shape index (κ2) is 8.40. The van der Waals surface area contributed by atoms with Crippen molar-refractivity contribution in [3.8, 4) is 0 Å². The van der Waals surface area contributed by atoms with Gasteiger partial charge < -0.3 is 4.74 Å². The molecule has 0 unspecified atom stereocenters. The number of esters is 1. The quantitative estimate of drug-likeness (QED) is 0.334. The molecule has 3 heterocycles. The Bertz CT molecular complexity index is 1380. The molecule has 10 heteroatoms. The molecule has 0 aliphatic carbocycles. The standard InChI is InChI=1S/C21H17N3O5S2/c1-3-29-20(26)17-12(2)22-21-23(18(17)15-8-5-9-30-15)19(25)16(31-21)11-13-6-4-7-14(10-13)24(27)28/h4-11,18H,3H2,1-2H3/b16-11+/t18-/m0/s1. The number of aromatic nitrogens is 1. The first kappa shape index (κ1) is 20.9. The highest BCUT2D eigenvalue weighted by atomic mass is 32.1. The molecule has 0 amide bonds. The van der Waals surface area contributed by atoms with Crippen LogP contribution in [0.5, 0.6) is 0 Å². The molecular weight excluding hydrogens is 438 g/mol. The molecular formula is C21H17N3O5S2. The van der Waals surface area contributed by atoms with Gasteiger partial charge >= 0.3 is 5.97 Å². The van der Waals surface area contributed by atoms with Gasteiger partial charge in [0.15, 0.2) is 4.80 Å². The second-order valence-corrected chi connectivity index (χ2v) is 8.66. The zero-order valence-corrected chi connectivity index (χ0v) is 18.2. The molecule has 1 aromatic carbocycles. The highest BCUT2D eigenvalue weighted by Crippen LogP contribution is 2.33. The van der Waals surface area contributed by atoms with Crippen LogP contribution >= 0.6 is 22.7 Å².